The van der Waals surface area contributed by atoms with E-state index in [-0.39, 0.29) is 6.04 Å². The minimum atomic E-state index is 0.163. The molecule has 0 spiro atoms. The number of fused-ring (bicyclic) bond motifs is 1. The van der Waals surface area contributed by atoms with Gasteiger partial charge in [0.1, 0.15) is 12.1 Å². The lowest BCUT2D eigenvalue weighted by Gasteiger charge is -2.14. The maximum atomic E-state index is 5.97. The molecule has 2 heterocycles. The Morgan fingerprint density at radius 1 is 1.16 bits per heavy atom. The third kappa shape index (κ3) is 2.55. The van der Waals surface area contributed by atoms with E-state index in [1.165, 1.54) is 4.88 Å². The molecule has 0 radical (unpaired) electrons. The van der Waals surface area contributed by atoms with Crippen LogP contribution in [0.3, 0.4) is 0 Å². The number of para-hydroxylation sites is 1. The molecule has 0 saturated heterocycles. The van der Waals surface area contributed by atoms with Crippen LogP contribution in [0.2, 0.25) is 4.34 Å². The largest absolute Gasteiger partial charge is 0.362 e. The molecule has 3 aromatic rings. The topological polar surface area (TPSA) is 37.8 Å². The summed E-state index contributed by atoms with van der Waals surface area (Å²) < 4.78 is 0.802. The second kappa shape index (κ2) is 5.15. The predicted octanol–water partition coefficient (Wildman–Crippen LogP) is 4.52. The maximum absolute atomic E-state index is 5.97. The number of hydrogen-bond donors (Lipinski definition) is 1. The van der Waals surface area contributed by atoms with Crippen LogP contribution >= 0.6 is 22.9 Å². The van der Waals surface area contributed by atoms with E-state index in [1.807, 2.05) is 36.4 Å². The molecule has 1 unspecified atom stereocenters. The van der Waals surface area contributed by atoms with Gasteiger partial charge in [0.15, 0.2) is 0 Å². The van der Waals surface area contributed by atoms with Gasteiger partial charge in [-0.25, -0.2) is 9.97 Å². The highest BCUT2D eigenvalue weighted by atomic mass is 35.5. The third-order valence-corrected chi connectivity index (χ3v) is 4.33. The van der Waals surface area contributed by atoms with Gasteiger partial charge in [-0.1, -0.05) is 23.7 Å². The monoisotopic (exact) mass is 289 g/mol. The summed E-state index contributed by atoms with van der Waals surface area (Å²) in [5, 5.41) is 4.44. The molecule has 0 aliphatic carbocycles. The molecule has 3 nitrogen and oxygen atoms in total. The minimum Gasteiger partial charge on any atom is -0.362 e. The van der Waals surface area contributed by atoms with Crippen LogP contribution < -0.4 is 5.32 Å². The fourth-order valence-corrected chi connectivity index (χ4v) is 3.02. The quantitative estimate of drug-likeness (QED) is 0.770. The number of rotatable bonds is 3. The van der Waals surface area contributed by atoms with E-state index in [4.69, 9.17) is 11.6 Å². The van der Waals surface area contributed by atoms with Crippen molar-refractivity contribution < 1.29 is 0 Å². The summed E-state index contributed by atoms with van der Waals surface area (Å²) in [5.41, 5.74) is 0.941. The average molecular weight is 290 g/mol. The Hall–Kier alpha value is -1.65. The van der Waals surface area contributed by atoms with Crippen molar-refractivity contribution in [2.24, 2.45) is 0 Å². The van der Waals surface area contributed by atoms with E-state index < -0.39 is 0 Å². The molecule has 96 valence electrons. The van der Waals surface area contributed by atoms with Gasteiger partial charge in [0.05, 0.1) is 15.9 Å². The Morgan fingerprint density at radius 2 is 2.00 bits per heavy atom. The van der Waals surface area contributed by atoms with Crippen molar-refractivity contribution in [1.29, 1.82) is 0 Å². The molecule has 0 bridgehead atoms. The van der Waals surface area contributed by atoms with Gasteiger partial charge >= 0.3 is 0 Å². The Kier molecular flexibility index (Phi) is 3.36. The van der Waals surface area contributed by atoms with Gasteiger partial charge in [-0.05, 0) is 31.2 Å². The lowest BCUT2D eigenvalue weighted by molar-refractivity contribution is 0.898. The van der Waals surface area contributed by atoms with Crippen LogP contribution in [0.25, 0.3) is 10.9 Å². The van der Waals surface area contributed by atoms with Crippen molar-refractivity contribution in [1.82, 2.24) is 9.97 Å². The number of aromatic nitrogens is 2. The van der Waals surface area contributed by atoms with Gasteiger partial charge in [0.2, 0.25) is 0 Å². The number of hydrogen-bond acceptors (Lipinski definition) is 4. The molecule has 0 fully saturated rings. The van der Waals surface area contributed by atoms with Crippen LogP contribution in [0.15, 0.2) is 42.7 Å². The molecular weight excluding hydrogens is 278 g/mol. The van der Waals surface area contributed by atoms with Crippen molar-refractivity contribution in [2.45, 2.75) is 13.0 Å². The fourth-order valence-electron chi connectivity index (χ4n) is 1.96. The van der Waals surface area contributed by atoms with E-state index in [9.17, 15) is 0 Å². The number of nitrogens with one attached hydrogen (secondary N) is 1. The summed E-state index contributed by atoms with van der Waals surface area (Å²) in [6.45, 7) is 2.10. The van der Waals surface area contributed by atoms with Gasteiger partial charge in [0, 0.05) is 10.3 Å². The van der Waals surface area contributed by atoms with E-state index in [2.05, 4.69) is 22.2 Å². The second-order valence-corrected chi connectivity index (χ2v) is 5.99. The zero-order valence-corrected chi connectivity index (χ0v) is 11.9. The van der Waals surface area contributed by atoms with Crippen molar-refractivity contribution in [2.75, 3.05) is 5.32 Å². The summed E-state index contributed by atoms with van der Waals surface area (Å²) in [5.74, 6) is 0.850. The molecular formula is C14H12ClN3S. The molecule has 3 rings (SSSR count). The molecule has 1 atom stereocenters. The van der Waals surface area contributed by atoms with Crippen molar-refractivity contribution >= 4 is 39.7 Å². The lowest BCUT2D eigenvalue weighted by Crippen LogP contribution is -2.07. The molecule has 0 aliphatic rings. The van der Waals surface area contributed by atoms with E-state index >= 15 is 0 Å². The third-order valence-electron chi connectivity index (χ3n) is 2.92. The summed E-state index contributed by atoms with van der Waals surface area (Å²) in [6.07, 6.45) is 1.58. The Labute approximate surface area is 120 Å². The first-order valence-corrected chi connectivity index (χ1v) is 7.15. The van der Waals surface area contributed by atoms with Crippen LogP contribution in [0.5, 0.6) is 0 Å². The van der Waals surface area contributed by atoms with Gasteiger partial charge in [0.25, 0.3) is 0 Å². The first-order valence-electron chi connectivity index (χ1n) is 5.95. The zero-order chi connectivity index (χ0) is 13.2. The highest BCUT2D eigenvalue weighted by Gasteiger charge is 2.10. The van der Waals surface area contributed by atoms with Crippen LogP contribution in [0, 0.1) is 0 Å². The lowest BCUT2D eigenvalue weighted by atomic mass is 10.2. The summed E-state index contributed by atoms with van der Waals surface area (Å²) in [7, 11) is 0. The Bertz CT molecular complexity index is 705. The first kappa shape index (κ1) is 12.4. The van der Waals surface area contributed by atoms with E-state index in [1.54, 1.807) is 17.7 Å². The average Bonchev–Trinajstić information content (AvgIpc) is 2.86. The Balaban J connectivity index is 1.93. The van der Waals surface area contributed by atoms with Crippen LogP contribution in [0.4, 0.5) is 5.82 Å². The number of thiophene rings is 1. The van der Waals surface area contributed by atoms with Gasteiger partial charge in [-0.15, -0.1) is 11.3 Å². The molecule has 1 N–H and O–H groups in total. The minimum absolute atomic E-state index is 0.163. The van der Waals surface area contributed by atoms with Crippen molar-refractivity contribution in [3.63, 3.8) is 0 Å². The molecule has 1 aromatic carbocycles. The van der Waals surface area contributed by atoms with E-state index in [0.29, 0.717) is 0 Å². The summed E-state index contributed by atoms with van der Waals surface area (Å²) in [4.78, 5) is 9.77. The molecule has 0 aliphatic heterocycles. The number of halogens is 1. The highest BCUT2D eigenvalue weighted by molar-refractivity contribution is 7.16. The number of anilines is 1. The van der Waals surface area contributed by atoms with Crippen LogP contribution in [0.1, 0.15) is 17.8 Å². The molecule has 2 aromatic heterocycles. The fraction of sp³-hybridized carbons (Fsp3) is 0.143. The normalized spacial score (nSPS) is 12.5. The second-order valence-electron chi connectivity index (χ2n) is 4.25. The molecule has 5 heteroatoms. The maximum Gasteiger partial charge on any atom is 0.137 e. The first-order chi connectivity index (χ1) is 9.24. The smallest absolute Gasteiger partial charge is 0.137 e. The van der Waals surface area contributed by atoms with Crippen molar-refractivity contribution in [3.05, 3.63) is 51.9 Å². The number of benzene rings is 1. The van der Waals surface area contributed by atoms with Crippen molar-refractivity contribution in [3.8, 4) is 0 Å². The number of nitrogens with zero attached hydrogens (tertiary/aromatic N) is 2. The molecule has 0 amide bonds. The van der Waals surface area contributed by atoms with E-state index in [0.717, 1.165) is 21.1 Å². The van der Waals surface area contributed by atoms with Gasteiger partial charge in [-0.3, -0.25) is 0 Å². The SMILES string of the molecule is CC(Nc1ncnc2ccccc12)c1ccc(Cl)s1. The predicted molar refractivity (Wildman–Crippen MR) is 80.9 cm³/mol. The zero-order valence-electron chi connectivity index (χ0n) is 10.3. The summed E-state index contributed by atoms with van der Waals surface area (Å²) >= 11 is 7.55. The molecule has 0 saturated carbocycles. The summed E-state index contributed by atoms with van der Waals surface area (Å²) in [6, 6.07) is 12.1. The van der Waals surface area contributed by atoms with Crippen LogP contribution in [-0.4, -0.2) is 9.97 Å². The van der Waals surface area contributed by atoms with Gasteiger partial charge < -0.3 is 5.32 Å². The van der Waals surface area contributed by atoms with Gasteiger partial charge in [-0.2, -0.15) is 0 Å². The van der Waals surface area contributed by atoms with Crippen LogP contribution in [-0.2, 0) is 0 Å². The molecule has 19 heavy (non-hydrogen) atoms. The highest BCUT2D eigenvalue weighted by Crippen LogP contribution is 2.30. The Morgan fingerprint density at radius 3 is 2.79 bits per heavy atom. The standard InChI is InChI=1S/C14H12ClN3S/c1-9(12-6-7-13(15)19-12)18-14-10-4-2-3-5-11(10)16-8-17-14/h2-9H,1H3,(H,16,17,18).